The van der Waals surface area contributed by atoms with Crippen molar-refractivity contribution in [2.75, 3.05) is 11.9 Å². The molecular weight excluding hydrogens is 204 g/mol. The van der Waals surface area contributed by atoms with Gasteiger partial charge in [0.2, 0.25) is 5.95 Å². The lowest BCUT2D eigenvalue weighted by atomic mass is 10.2. The van der Waals surface area contributed by atoms with Crippen molar-refractivity contribution in [3.63, 3.8) is 0 Å². The van der Waals surface area contributed by atoms with Gasteiger partial charge in [-0.3, -0.25) is 0 Å². The third-order valence-corrected chi connectivity index (χ3v) is 2.54. The van der Waals surface area contributed by atoms with Gasteiger partial charge < -0.3 is 10.4 Å². The first-order chi connectivity index (χ1) is 7.83. The van der Waals surface area contributed by atoms with Gasteiger partial charge in [0, 0.05) is 18.8 Å². The summed E-state index contributed by atoms with van der Waals surface area (Å²) in [6.45, 7) is 2.25. The number of anilines is 1. The predicted octanol–water partition coefficient (Wildman–Crippen LogP) is 1.30. The Labute approximate surface area is 94.1 Å². The Morgan fingerprint density at radius 1 is 1.50 bits per heavy atom. The van der Waals surface area contributed by atoms with Crippen molar-refractivity contribution in [1.29, 1.82) is 0 Å². The van der Waals surface area contributed by atoms with Gasteiger partial charge in [0.25, 0.3) is 0 Å². The molecule has 0 fully saturated rings. The molecule has 2 aromatic heterocycles. The van der Waals surface area contributed by atoms with Gasteiger partial charge in [-0.1, -0.05) is 13.0 Å². The first-order valence-electron chi connectivity index (χ1n) is 5.52. The summed E-state index contributed by atoms with van der Waals surface area (Å²) in [6, 6.07) is 5.97. The number of hydrogen-bond donors (Lipinski definition) is 2. The summed E-state index contributed by atoms with van der Waals surface area (Å²) in [6.07, 6.45) is 3.52. The number of aliphatic hydroxyl groups excluding tert-OH is 1. The molecule has 0 saturated heterocycles. The summed E-state index contributed by atoms with van der Waals surface area (Å²) in [5.41, 5.74) is 0.823. The van der Waals surface area contributed by atoms with E-state index in [0.29, 0.717) is 12.4 Å². The van der Waals surface area contributed by atoms with Gasteiger partial charge in [0.05, 0.1) is 0 Å². The van der Waals surface area contributed by atoms with Crippen LogP contribution >= 0.6 is 0 Å². The maximum Gasteiger partial charge on any atom is 0.243 e. The van der Waals surface area contributed by atoms with Crippen LogP contribution in [0, 0.1) is 0 Å². The Bertz CT molecular complexity index is 421. The van der Waals surface area contributed by atoms with Gasteiger partial charge in [-0.15, -0.1) is 5.10 Å². The third-order valence-electron chi connectivity index (χ3n) is 2.54. The lowest BCUT2D eigenvalue weighted by Gasteiger charge is -2.13. The van der Waals surface area contributed by atoms with Crippen molar-refractivity contribution in [1.82, 2.24) is 14.6 Å². The van der Waals surface area contributed by atoms with Crippen LogP contribution in [0.5, 0.6) is 0 Å². The summed E-state index contributed by atoms with van der Waals surface area (Å²) in [7, 11) is 0. The highest BCUT2D eigenvalue weighted by atomic mass is 16.3. The van der Waals surface area contributed by atoms with Crippen LogP contribution < -0.4 is 5.32 Å². The Balaban J connectivity index is 2.14. The lowest BCUT2D eigenvalue weighted by Crippen LogP contribution is -2.20. The molecule has 2 rings (SSSR count). The summed E-state index contributed by atoms with van der Waals surface area (Å²) < 4.78 is 1.73. The van der Waals surface area contributed by atoms with Crippen molar-refractivity contribution in [2.45, 2.75) is 25.8 Å². The third kappa shape index (κ3) is 2.30. The highest BCUT2D eigenvalue weighted by molar-refractivity contribution is 5.43. The molecule has 0 radical (unpaired) electrons. The van der Waals surface area contributed by atoms with Gasteiger partial charge in [-0.05, 0) is 25.0 Å². The molecule has 0 bridgehead atoms. The highest BCUT2D eigenvalue weighted by Crippen LogP contribution is 2.08. The van der Waals surface area contributed by atoms with Crippen LogP contribution in [0.2, 0.25) is 0 Å². The van der Waals surface area contributed by atoms with Crippen molar-refractivity contribution in [3.8, 4) is 0 Å². The van der Waals surface area contributed by atoms with E-state index in [4.69, 9.17) is 5.11 Å². The maximum absolute atomic E-state index is 8.90. The molecular formula is C11H16N4O. The van der Waals surface area contributed by atoms with Crippen molar-refractivity contribution < 1.29 is 5.11 Å². The van der Waals surface area contributed by atoms with Crippen molar-refractivity contribution in [2.24, 2.45) is 0 Å². The molecule has 2 heterocycles. The minimum absolute atomic E-state index is 0.179. The van der Waals surface area contributed by atoms with E-state index in [1.807, 2.05) is 24.4 Å². The molecule has 16 heavy (non-hydrogen) atoms. The fourth-order valence-electron chi connectivity index (χ4n) is 1.61. The number of aromatic nitrogens is 3. The molecule has 1 atom stereocenters. The van der Waals surface area contributed by atoms with E-state index in [2.05, 4.69) is 22.3 Å². The first-order valence-corrected chi connectivity index (χ1v) is 5.52. The van der Waals surface area contributed by atoms with Crippen molar-refractivity contribution in [3.05, 3.63) is 24.4 Å². The summed E-state index contributed by atoms with van der Waals surface area (Å²) in [5.74, 6) is 0.617. The molecule has 0 aliphatic rings. The van der Waals surface area contributed by atoms with Crippen LogP contribution in [-0.4, -0.2) is 32.4 Å². The second kappa shape index (κ2) is 4.94. The Morgan fingerprint density at radius 2 is 2.38 bits per heavy atom. The molecule has 2 aromatic rings. The molecule has 0 saturated carbocycles. The second-order valence-electron chi connectivity index (χ2n) is 3.70. The van der Waals surface area contributed by atoms with Crippen molar-refractivity contribution >= 4 is 11.6 Å². The van der Waals surface area contributed by atoms with Crippen LogP contribution in [0.15, 0.2) is 24.4 Å². The average molecular weight is 220 g/mol. The van der Waals surface area contributed by atoms with Gasteiger partial charge in [-0.25, -0.2) is 4.52 Å². The molecule has 0 aromatic carbocycles. The summed E-state index contributed by atoms with van der Waals surface area (Å²) in [5, 5.41) is 16.4. The Morgan fingerprint density at radius 3 is 3.06 bits per heavy atom. The van der Waals surface area contributed by atoms with Crippen LogP contribution in [-0.2, 0) is 0 Å². The molecule has 0 spiro atoms. The summed E-state index contributed by atoms with van der Waals surface area (Å²) in [4.78, 5) is 4.34. The van der Waals surface area contributed by atoms with E-state index in [1.165, 1.54) is 0 Å². The number of nitrogens with zero attached hydrogens (tertiary/aromatic N) is 3. The Hall–Kier alpha value is -1.62. The number of aliphatic hydroxyl groups is 1. The normalized spacial score (nSPS) is 12.9. The Kier molecular flexibility index (Phi) is 3.36. The van der Waals surface area contributed by atoms with Crippen LogP contribution in [0.1, 0.15) is 19.8 Å². The van der Waals surface area contributed by atoms with E-state index in [0.717, 1.165) is 12.1 Å². The minimum atomic E-state index is 0.179. The van der Waals surface area contributed by atoms with Crippen LogP contribution in [0.4, 0.5) is 5.95 Å². The molecule has 0 aliphatic carbocycles. The van der Waals surface area contributed by atoms with E-state index in [-0.39, 0.29) is 12.6 Å². The monoisotopic (exact) mass is 220 g/mol. The van der Waals surface area contributed by atoms with E-state index >= 15 is 0 Å². The number of pyridine rings is 1. The molecule has 0 amide bonds. The molecule has 1 unspecified atom stereocenters. The summed E-state index contributed by atoms with van der Waals surface area (Å²) >= 11 is 0. The van der Waals surface area contributed by atoms with Crippen LogP contribution in [0.3, 0.4) is 0 Å². The van der Waals surface area contributed by atoms with Gasteiger partial charge in [0.1, 0.15) is 0 Å². The standard InChI is InChI=1S/C11H16N4O/c1-2-9(6-8-16)12-11-13-10-5-3-4-7-15(10)14-11/h3-5,7,9,16H,2,6,8H2,1H3,(H,12,14). The zero-order chi connectivity index (χ0) is 11.4. The fourth-order valence-corrected chi connectivity index (χ4v) is 1.61. The second-order valence-corrected chi connectivity index (χ2v) is 3.70. The number of rotatable bonds is 5. The number of hydrogen-bond acceptors (Lipinski definition) is 4. The van der Waals surface area contributed by atoms with E-state index in [1.54, 1.807) is 4.52 Å². The van der Waals surface area contributed by atoms with Gasteiger partial charge in [-0.2, -0.15) is 4.98 Å². The smallest absolute Gasteiger partial charge is 0.243 e. The number of nitrogens with one attached hydrogen (secondary N) is 1. The predicted molar refractivity (Wildman–Crippen MR) is 62.4 cm³/mol. The number of fused-ring (bicyclic) bond motifs is 1. The average Bonchev–Trinajstić information content (AvgIpc) is 2.70. The molecule has 0 aliphatic heterocycles. The van der Waals surface area contributed by atoms with Gasteiger partial charge >= 0.3 is 0 Å². The molecule has 5 nitrogen and oxygen atoms in total. The SMILES string of the molecule is CCC(CCO)Nc1nc2ccccn2n1. The van der Waals surface area contributed by atoms with E-state index < -0.39 is 0 Å². The van der Waals surface area contributed by atoms with Gasteiger partial charge in [0.15, 0.2) is 5.65 Å². The van der Waals surface area contributed by atoms with E-state index in [9.17, 15) is 0 Å². The largest absolute Gasteiger partial charge is 0.396 e. The lowest BCUT2D eigenvalue weighted by molar-refractivity contribution is 0.278. The zero-order valence-electron chi connectivity index (χ0n) is 9.30. The minimum Gasteiger partial charge on any atom is -0.396 e. The maximum atomic E-state index is 8.90. The van der Waals surface area contributed by atoms with Crippen LogP contribution in [0.25, 0.3) is 5.65 Å². The first kappa shape index (κ1) is 10.9. The fraction of sp³-hybridized carbons (Fsp3) is 0.455. The molecule has 2 N–H and O–H groups in total. The molecule has 86 valence electrons. The topological polar surface area (TPSA) is 62.5 Å². The molecule has 5 heteroatoms. The highest BCUT2D eigenvalue weighted by Gasteiger charge is 2.08. The zero-order valence-corrected chi connectivity index (χ0v) is 9.30. The quantitative estimate of drug-likeness (QED) is 0.797.